The standard InChI is InChI=1S/C15H21NO3/c1-3-19-15(18)9-12(2)16-14(11-17)10-13-7-5-4-6-8-13/h4-9,14,16-17H,3,10-11H2,1-2H3/b12-9+. The molecule has 0 aliphatic carbocycles. The van der Waals surface area contributed by atoms with E-state index in [4.69, 9.17) is 4.74 Å². The molecule has 4 nitrogen and oxygen atoms in total. The zero-order valence-corrected chi connectivity index (χ0v) is 11.4. The van der Waals surface area contributed by atoms with E-state index in [1.165, 1.54) is 6.08 Å². The zero-order chi connectivity index (χ0) is 14.1. The average Bonchev–Trinajstić information content (AvgIpc) is 2.39. The maximum Gasteiger partial charge on any atom is 0.332 e. The number of allylic oxidation sites excluding steroid dienone is 1. The van der Waals surface area contributed by atoms with Crippen molar-refractivity contribution in [2.75, 3.05) is 13.2 Å². The molecule has 0 bridgehead atoms. The highest BCUT2D eigenvalue weighted by atomic mass is 16.5. The molecule has 1 aromatic rings. The normalized spacial score (nSPS) is 12.9. The van der Waals surface area contributed by atoms with E-state index in [1.54, 1.807) is 13.8 Å². The maximum atomic E-state index is 11.3. The summed E-state index contributed by atoms with van der Waals surface area (Å²) in [4.78, 5) is 11.3. The molecule has 0 aliphatic heterocycles. The lowest BCUT2D eigenvalue weighted by molar-refractivity contribution is -0.137. The van der Waals surface area contributed by atoms with Crippen molar-refractivity contribution in [1.29, 1.82) is 0 Å². The third-order valence-corrected chi connectivity index (χ3v) is 2.60. The number of benzene rings is 1. The average molecular weight is 263 g/mol. The van der Waals surface area contributed by atoms with Gasteiger partial charge in [-0.15, -0.1) is 0 Å². The lowest BCUT2D eigenvalue weighted by Crippen LogP contribution is -2.33. The summed E-state index contributed by atoms with van der Waals surface area (Å²) in [6.45, 7) is 3.91. The Balaban J connectivity index is 2.54. The lowest BCUT2D eigenvalue weighted by Gasteiger charge is -2.18. The largest absolute Gasteiger partial charge is 0.463 e. The van der Waals surface area contributed by atoms with E-state index >= 15 is 0 Å². The van der Waals surface area contributed by atoms with Gasteiger partial charge in [-0.1, -0.05) is 30.3 Å². The molecular formula is C15H21NO3. The second-order valence-electron chi connectivity index (χ2n) is 4.29. The molecule has 19 heavy (non-hydrogen) atoms. The molecule has 0 aliphatic rings. The van der Waals surface area contributed by atoms with Crippen molar-refractivity contribution in [2.24, 2.45) is 0 Å². The molecule has 0 spiro atoms. The summed E-state index contributed by atoms with van der Waals surface area (Å²) in [5, 5.41) is 12.5. The third kappa shape index (κ3) is 6.06. The molecule has 104 valence electrons. The molecule has 2 N–H and O–H groups in total. The molecule has 0 aromatic heterocycles. The first kappa shape index (κ1) is 15.2. The van der Waals surface area contributed by atoms with Crippen LogP contribution in [0, 0.1) is 0 Å². The van der Waals surface area contributed by atoms with Crippen LogP contribution < -0.4 is 5.32 Å². The fraction of sp³-hybridized carbons (Fsp3) is 0.400. The first-order chi connectivity index (χ1) is 9.15. The summed E-state index contributed by atoms with van der Waals surface area (Å²) in [7, 11) is 0. The van der Waals surface area contributed by atoms with E-state index in [1.807, 2.05) is 30.3 Å². The second-order valence-corrected chi connectivity index (χ2v) is 4.29. The topological polar surface area (TPSA) is 58.6 Å². The minimum atomic E-state index is -0.371. The Hall–Kier alpha value is -1.81. The van der Waals surface area contributed by atoms with Crippen LogP contribution >= 0.6 is 0 Å². The smallest absolute Gasteiger partial charge is 0.332 e. The lowest BCUT2D eigenvalue weighted by atomic mass is 10.1. The highest BCUT2D eigenvalue weighted by Crippen LogP contribution is 2.04. The predicted molar refractivity (Wildman–Crippen MR) is 74.5 cm³/mol. The molecule has 1 atom stereocenters. The fourth-order valence-corrected chi connectivity index (χ4v) is 1.78. The number of rotatable bonds is 7. The van der Waals surface area contributed by atoms with Crippen LogP contribution in [-0.4, -0.2) is 30.3 Å². The van der Waals surface area contributed by atoms with E-state index in [0.29, 0.717) is 18.7 Å². The predicted octanol–water partition coefficient (Wildman–Crippen LogP) is 1.65. The van der Waals surface area contributed by atoms with Crippen molar-refractivity contribution in [3.05, 3.63) is 47.7 Å². The van der Waals surface area contributed by atoms with Crippen molar-refractivity contribution >= 4 is 5.97 Å². The van der Waals surface area contributed by atoms with Gasteiger partial charge in [0.25, 0.3) is 0 Å². The van der Waals surface area contributed by atoms with Crippen LogP contribution in [0.3, 0.4) is 0 Å². The van der Waals surface area contributed by atoms with Crippen LogP contribution in [0.4, 0.5) is 0 Å². The zero-order valence-electron chi connectivity index (χ0n) is 11.4. The minimum Gasteiger partial charge on any atom is -0.463 e. The van der Waals surface area contributed by atoms with Crippen LogP contribution in [0.1, 0.15) is 19.4 Å². The van der Waals surface area contributed by atoms with Gasteiger partial charge in [0.1, 0.15) is 0 Å². The molecule has 0 heterocycles. The Morgan fingerprint density at radius 2 is 2.11 bits per heavy atom. The summed E-state index contributed by atoms with van der Waals surface area (Å²) in [6.07, 6.45) is 2.10. The maximum absolute atomic E-state index is 11.3. The number of esters is 1. The van der Waals surface area contributed by atoms with Crippen molar-refractivity contribution in [2.45, 2.75) is 26.3 Å². The van der Waals surface area contributed by atoms with E-state index in [9.17, 15) is 9.90 Å². The van der Waals surface area contributed by atoms with Gasteiger partial charge < -0.3 is 15.2 Å². The molecule has 0 fully saturated rings. The summed E-state index contributed by atoms with van der Waals surface area (Å²) in [6, 6.07) is 9.78. The Labute approximate surface area is 114 Å². The number of carbonyl (C=O) groups excluding carboxylic acids is 1. The van der Waals surface area contributed by atoms with Crippen LogP contribution in [0.15, 0.2) is 42.1 Å². The quantitative estimate of drug-likeness (QED) is 0.580. The number of hydrogen-bond acceptors (Lipinski definition) is 4. The first-order valence-electron chi connectivity index (χ1n) is 6.42. The van der Waals surface area contributed by atoms with E-state index in [-0.39, 0.29) is 18.6 Å². The number of nitrogens with one attached hydrogen (secondary N) is 1. The van der Waals surface area contributed by atoms with Crippen LogP contribution in [-0.2, 0) is 16.0 Å². The summed E-state index contributed by atoms with van der Waals surface area (Å²) in [5.41, 5.74) is 1.83. The Kier molecular flexibility index (Phi) is 6.68. The van der Waals surface area contributed by atoms with Gasteiger partial charge in [0.05, 0.1) is 19.3 Å². The minimum absolute atomic E-state index is 0.00288. The molecule has 0 amide bonds. The molecule has 0 saturated carbocycles. The fourth-order valence-electron chi connectivity index (χ4n) is 1.78. The van der Waals surface area contributed by atoms with E-state index < -0.39 is 0 Å². The third-order valence-electron chi connectivity index (χ3n) is 2.60. The van der Waals surface area contributed by atoms with Gasteiger partial charge in [0.15, 0.2) is 0 Å². The van der Waals surface area contributed by atoms with Crippen molar-refractivity contribution < 1.29 is 14.6 Å². The van der Waals surface area contributed by atoms with E-state index in [2.05, 4.69) is 5.32 Å². The van der Waals surface area contributed by atoms with Gasteiger partial charge in [-0.25, -0.2) is 4.79 Å². The van der Waals surface area contributed by atoms with Crippen LogP contribution in [0.25, 0.3) is 0 Å². The number of carbonyl (C=O) groups is 1. The van der Waals surface area contributed by atoms with Gasteiger partial charge in [-0.05, 0) is 25.8 Å². The van der Waals surface area contributed by atoms with Crippen molar-refractivity contribution in [1.82, 2.24) is 5.32 Å². The number of aliphatic hydroxyl groups is 1. The SMILES string of the molecule is CCOC(=O)/C=C(\C)NC(CO)Cc1ccccc1. The number of hydrogen-bond donors (Lipinski definition) is 2. The van der Waals surface area contributed by atoms with Gasteiger partial charge in [-0.3, -0.25) is 0 Å². The molecule has 0 saturated heterocycles. The molecule has 4 heteroatoms. The Morgan fingerprint density at radius 3 is 2.68 bits per heavy atom. The highest BCUT2D eigenvalue weighted by Gasteiger charge is 2.08. The summed E-state index contributed by atoms with van der Waals surface area (Å²) < 4.78 is 4.83. The van der Waals surface area contributed by atoms with Crippen molar-refractivity contribution in [3.63, 3.8) is 0 Å². The van der Waals surface area contributed by atoms with Gasteiger partial charge in [0, 0.05) is 11.8 Å². The number of aliphatic hydroxyl groups excluding tert-OH is 1. The van der Waals surface area contributed by atoms with Crippen molar-refractivity contribution in [3.8, 4) is 0 Å². The van der Waals surface area contributed by atoms with Gasteiger partial charge >= 0.3 is 5.97 Å². The van der Waals surface area contributed by atoms with Gasteiger partial charge in [0.2, 0.25) is 0 Å². The van der Waals surface area contributed by atoms with Gasteiger partial charge in [-0.2, -0.15) is 0 Å². The number of ether oxygens (including phenoxy) is 1. The highest BCUT2D eigenvalue weighted by molar-refractivity contribution is 5.82. The molecule has 1 rings (SSSR count). The molecule has 1 unspecified atom stereocenters. The van der Waals surface area contributed by atoms with Crippen LogP contribution in [0.2, 0.25) is 0 Å². The Bertz CT molecular complexity index is 415. The van der Waals surface area contributed by atoms with E-state index in [0.717, 1.165) is 5.56 Å². The van der Waals surface area contributed by atoms with Crippen LogP contribution in [0.5, 0.6) is 0 Å². The summed E-state index contributed by atoms with van der Waals surface area (Å²) >= 11 is 0. The molecule has 0 radical (unpaired) electrons. The monoisotopic (exact) mass is 263 g/mol. The summed E-state index contributed by atoms with van der Waals surface area (Å²) in [5.74, 6) is -0.371. The second kappa shape index (κ2) is 8.32. The Morgan fingerprint density at radius 1 is 1.42 bits per heavy atom. The molecular weight excluding hydrogens is 242 g/mol. The molecule has 1 aromatic carbocycles. The first-order valence-corrected chi connectivity index (χ1v) is 6.42.